The van der Waals surface area contributed by atoms with Crippen LogP contribution < -0.4 is 5.32 Å². The van der Waals surface area contributed by atoms with E-state index >= 15 is 0 Å². The lowest BCUT2D eigenvalue weighted by Crippen LogP contribution is -2.13. The van der Waals surface area contributed by atoms with Gasteiger partial charge in [0.15, 0.2) is 5.13 Å². The third kappa shape index (κ3) is 3.91. The molecule has 1 heterocycles. The molecule has 21 heavy (non-hydrogen) atoms. The van der Waals surface area contributed by atoms with Crippen molar-refractivity contribution in [3.8, 4) is 11.8 Å². The van der Waals surface area contributed by atoms with Crippen LogP contribution in [-0.2, 0) is 4.79 Å². The number of rotatable bonds is 3. The maximum Gasteiger partial charge on any atom is 0.268 e. The first-order valence-electron chi connectivity index (χ1n) is 5.52. The molecule has 2 aromatic rings. The van der Waals surface area contributed by atoms with Gasteiger partial charge in [0.05, 0.1) is 8.95 Å². The lowest BCUT2D eigenvalue weighted by Gasteiger charge is -2.04. The van der Waals surface area contributed by atoms with Crippen LogP contribution in [0.25, 0.3) is 6.08 Å². The molecule has 0 aliphatic carbocycles. The van der Waals surface area contributed by atoms with Gasteiger partial charge in [-0.2, -0.15) is 5.26 Å². The number of amides is 1. The number of halogens is 2. The number of carbonyl (C=O) groups is 1. The van der Waals surface area contributed by atoms with Crippen molar-refractivity contribution < 1.29 is 9.90 Å². The van der Waals surface area contributed by atoms with Crippen molar-refractivity contribution in [2.24, 2.45) is 0 Å². The highest BCUT2D eigenvalue weighted by Gasteiger charge is 2.12. The predicted octanol–water partition coefficient (Wildman–Crippen LogP) is 3.92. The number of nitriles is 1. The average Bonchev–Trinajstić information content (AvgIpc) is 2.94. The minimum absolute atomic E-state index is 0.0536. The number of thiazole rings is 1. The lowest BCUT2D eigenvalue weighted by molar-refractivity contribution is -0.112. The van der Waals surface area contributed by atoms with Crippen molar-refractivity contribution in [1.82, 2.24) is 4.98 Å². The van der Waals surface area contributed by atoms with Crippen molar-refractivity contribution in [3.05, 3.63) is 43.8 Å². The molecule has 0 atom stereocenters. The number of hydrogen-bond donors (Lipinski definition) is 2. The first kappa shape index (κ1) is 15.7. The number of benzene rings is 1. The molecule has 0 saturated heterocycles. The Labute approximate surface area is 141 Å². The summed E-state index contributed by atoms with van der Waals surface area (Å²) >= 11 is 7.65. The van der Waals surface area contributed by atoms with E-state index in [2.05, 4.69) is 42.2 Å². The Morgan fingerprint density at radius 2 is 2.10 bits per heavy atom. The molecule has 106 valence electrons. The fraction of sp³-hybridized carbons (Fsp3) is 0. The molecule has 0 spiro atoms. The van der Waals surface area contributed by atoms with E-state index < -0.39 is 5.91 Å². The number of nitrogens with zero attached hydrogens (tertiary/aromatic N) is 2. The van der Waals surface area contributed by atoms with Gasteiger partial charge in [-0.25, -0.2) is 4.98 Å². The van der Waals surface area contributed by atoms with Crippen LogP contribution in [0.3, 0.4) is 0 Å². The van der Waals surface area contributed by atoms with Gasteiger partial charge in [0.25, 0.3) is 5.91 Å². The van der Waals surface area contributed by atoms with Gasteiger partial charge in [-0.3, -0.25) is 10.1 Å². The highest BCUT2D eigenvalue weighted by Crippen LogP contribution is 2.34. The van der Waals surface area contributed by atoms with Gasteiger partial charge < -0.3 is 5.11 Å². The Bertz CT molecular complexity index is 728. The number of aromatic nitrogens is 1. The molecule has 0 radical (unpaired) electrons. The molecule has 1 aromatic carbocycles. The van der Waals surface area contributed by atoms with Crippen LogP contribution in [0, 0.1) is 11.3 Å². The lowest BCUT2D eigenvalue weighted by atomic mass is 10.1. The van der Waals surface area contributed by atoms with E-state index in [9.17, 15) is 9.90 Å². The van der Waals surface area contributed by atoms with Crippen LogP contribution in [0.5, 0.6) is 5.75 Å². The summed E-state index contributed by atoms with van der Waals surface area (Å²) in [5.74, 6) is -0.481. The van der Waals surface area contributed by atoms with Gasteiger partial charge in [-0.15, -0.1) is 11.3 Å². The van der Waals surface area contributed by atoms with Crippen LogP contribution in [0.4, 0.5) is 5.13 Å². The number of hydrogen-bond acceptors (Lipinski definition) is 5. The van der Waals surface area contributed by atoms with E-state index in [0.29, 0.717) is 19.6 Å². The van der Waals surface area contributed by atoms with Gasteiger partial charge >= 0.3 is 0 Å². The largest absolute Gasteiger partial charge is 0.506 e. The second-order valence-electron chi connectivity index (χ2n) is 3.79. The summed E-state index contributed by atoms with van der Waals surface area (Å²) < 4.78 is 0.918. The predicted molar refractivity (Wildman–Crippen MR) is 87.8 cm³/mol. The molecule has 8 heteroatoms. The monoisotopic (exact) mass is 427 g/mol. The first-order valence-corrected chi connectivity index (χ1v) is 7.98. The van der Waals surface area contributed by atoms with Crippen molar-refractivity contribution in [2.75, 3.05) is 5.32 Å². The van der Waals surface area contributed by atoms with Crippen molar-refractivity contribution >= 4 is 60.3 Å². The zero-order valence-corrected chi connectivity index (χ0v) is 14.3. The summed E-state index contributed by atoms with van der Waals surface area (Å²) in [6, 6.07) is 5.06. The van der Waals surface area contributed by atoms with E-state index in [-0.39, 0.29) is 11.3 Å². The van der Waals surface area contributed by atoms with Crippen molar-refractivity contribution in [1.29, 1.82) is 5.26 Å². The molecule has 0 saturated carbocycles. The van der Waals surface area contributed by atoms with E-state index in [1.807, 2.05) is 6.07 Å². The topological polar surface area (TPSA) is 86.0 Å². The Balaban J connectivity index is 2.29. The zero-order valence-electron chi connectivity index (χ0n) is 10.3. The first-order chi connectivity index (χ1) is 10.0. The van der Waals surface area contributed by atoms with Gasteiger partial charge in [-0.05, 0) is 55.6 Å². The van der Waals surface area contributed by atoms with Gasteiger partial charge in [0, 0.05) is 11.6 Å². The summed E-state index contributed by atoms with van der Waals surface area (Å²) in [5, 5.41) is 23.4. The molecule has 0 aliphatic heterocycles. The molecule has 2 rings (SSSR count). The molecule has 0 unspecified atom stereocenters. The number of aromatic hydroxyl groups is 1. The molecule has 2 N–H and O–H groups in total. The SMILES string of the molecule is N#CC(=Cc1cc(Br)c(O)c(Br)c1)C(=O)Nc1nccs1. The van der Waals surface area contributed by atoms with E-state index in [1.54, 1.807) is 23.7 Å². The van der Waals surface area contributed by atoms with Gasteiger partial charge in [0.2, 0.25) is 0 Å². The molecule has 5 nitrogen and oxygen atoms in total. The number of carbonyl (C=O) groups excluding carboxylic acids is 1. The number of nitrogens with one attached hydrogen (secondary N) is 1. The second kappa shape index (κ2) is 6.85. The van der Waals surface area contributed by atoms with Crippen LogP contribution in [0.15, 0.2) is 38.2 Å². The Hall–Kier alpha value is -1.69. The molecule has 1 aromatic heterocycles. The van der Waals surface area contributed by atoms with Gasteiger partial charge in [0.1, 0.15) is 17.4 Å². The second-order valence-corrected chi connectivity index (χ2v) is 6.40. The maximum atomic E-state index is 12.0. The Morgan fingerprint density at radius 1 is 1.43 bits per heavy atom. The Kier molecular flexibility index (Phi) is 5.12. The minimum Gasteiger partial charge on any atom is -0.506 e. The maximum absolute atomic E-state index is 12.0. The number of anilines is 1. The summed E-state index contributed by atoms with van der Waals surface area (Å²) in [4.78, 5) is 15.9. The number of phenolic OH excluding ortho intramolecular Hbond substituents is 1. The summed E-state index contributed by atoms with van der Waals surface area (Å²) in [6.07, 6.45) is 2.99. The highest BCUT2D eigenvalue weighted by molar-refractivity contribution is 9.11. The molecule has 0 fully saturated rings. The summed E-state index contributed by atoms with van der Waals surface area (Å²) in [6.45, 7) is 0. The van der Waals surface area contributed by atoms with Gasteiger partial charge in [-0.1, -0.05) is 0 Å². The average molecular weight is 429 g/mol. The molecule has 0 aliphatic rings. The molecular formula is C13H7Br2N3O2S. The zero-order chi connectivity index (χ0) is 15.4. The normalized spacial score (nSPS) is 11.0. The van der Waals surface area contributed by atoms with E-state index in [1.165, 1.54) is 17.4 Å². The van der Waals surface area contributed by atoms with E-state index in [4.69, 9.17) is 5.26 Å². The third-order valence-corrected chi connectivity index (χ3v) is 4.27. The fourth-order valence-corrected chi connectivity index (χ4v) is 3.18. The highest BCUT2D eigenvalue weighted by atomic mass is 79.9. The smallest absolute Gasteiger partial charge is 0.268 e. The molecular weight excluding hydrogens is 422 g/mol. The minimum atomic E-state index is -0.534. The Morgan fingerprint density at radius 3 is 2.62 bits per heavy atom. The van der Waals surface area contributed by atoms with Crippen molar-refractivity contribution in [2.45, 2.75) is 0 Å². The van der Waals surface area contributed by atoms with Crippen LogP contribution >= 0.6 is 43.2 Å². The quantitative estimate of drug-likeness (QED) is 0.573. The van der Waals surface area contributed by atoms with Crippen LogP contribution in [0.1, 0.15) is 5.56 Å². The summed E-state index contributed by atoms with van der Waals surface area (Å²) in [7, 11) is 0. The number of phenols is 1. The molecule has 1 amide bonds. The molecule has 0 bridgehead atoms. The van der Waals surface area contributed by atoms with Crippen molar-refractivity contribution in [3.63, 3.8) is 0 Å². The standard InChI is InChI=1S/C13H7Br2N3O2S/c14-9-4-7(5-10(15)11(9)19)3-8(6-16)12(20)18-13-17-1-2-21-13/h1-5,19H,(H,17,18,20). The fourth-order valence-electron chi connectivity index (χ4n) is 1.43. The van der Waals surface area contributed by atoms with E-state index in [0.717, 1.165) is 0 Å². The van der Waals surface area contributed by atoms with Crippen LogP contribution in [0.2, 0.25) is 0 Å². The summed E-state index contributed by atoms with van der Waals surface area (Å²) in [5.41, 5.74) is 0.534. The third-order valence-electron chi connectivity index (χ3n) is 2.37. The van der Waals surface area contributed by atoms with Crippen LogP contribution in [-0.4, -0.2) is 16.0 Å².